The Morgan fingerprint density at radius 1 is 1.05 bits per heavy atom. The molecule has 0 fully saturated rings. The largest absolute Gasteiger partial charge is 0.370 e. The Morgan fingerprint density at radius 3 is 2.26 bits per heavy atom. The van der Waals surface area contributed by atoms with Gasteiger partial charge >= 0.3 is 0 Å². The van der Waals surface area contributed by atoms with Crippen LogP contribution in [0.5, 0.6) is 0 Å². The lowest BCUT2D eigenvalue weighted by Gasteiger charge is -2.21. The Morgan fingerprint density at radius 2 is 1.68 bits per heavy atom. The molecule has 19 heavy (non-hydrogen) atoms. The summed E-state index contributed by atoms with van der Waals surface area (Å²) < 4.78 is 13.9. The van der Waals surface area contributed by atoms with Crippen LogP contribution in [0.3, 0.4) is 0 Å². The van der Waals surface area contributed by atoms with Gasteiger partial charge in [0.05, 0.1) is 0 Å². The molecule has 0 saturated carbocycles. The zero-order chi connectivity index (χ0) is 14.0. The van der Waals surface area contributed by atoms with E-state index in [0.717, 1.165) is 16.6 Å². The molecular weight excluding hydrogens is 305 g/mol. The van der Waals surface area contributed by atoms with Crippen molar-refractivity contribution in [3.63, 3.8) is 0 Å². The fourth-order valence-corrected chi connectivity index (χ4v) is 2.64. The highest BCUT2D eigenvalue weighted by atomic mass is 79.9. The Hall–Kier alpha value is -1.35. The summed E-state index contributed by atoms with van der Waals surface area (Å²) in [6.45, 7) is 4.93. The van der Waals surface area contributed by atoms with Gasteiger partial charge in [-0.15, -0.1) is 0 Å². The van der Waals surface area contributed by atoms with E-state index in [-0.39, 0.29) is 5.82 Å². The van der Waals surface area contributed by atoms with Crippen molar-refractivity contribution in [2.24, 2.45) is 0 Å². The van der Waals surface area contributed by atoms with E-state index >= 15 is 0 Å². The average Bonchev–Trinajstić information content (AvgIpc) is 2.31. The lowest BCUT2D eigenvalue weighted by Crippen LogP contribution is -2.17. The van der Waals surface area contributed by atoms with Gasteiger partial charge in [0, 0.05) is 23.8 Å². The second-order valence-electron chi connectivity index (χ2n) is 4.94. The SMILES string of the molecule is Cc1cc(C)cc(N(C)Cc2ccc(F)cc2Br)c1. The number of aryl methyl sites for hydroxylation is 2. The molecule has 100 valence electrons. The molecule has 0 heterocycles. The topological polar surface area (TPSA) is 3.24 Å². The molecule has 2 aromatic carbocycles. The molecule has 0 aliphatic rings. The van der Waals surface area contributed by atoms with E-state index in [4.69, 9.17) is 0 Å². The normalized spacial score (nSPS) is 10.6. The quantitative estimate of drug-likeness (QED) is 0.781. The van der Waals surface area contributed by atoms with Crippen LogP contribution in [0, 0.1) is 19.7 Å². The Kier molecular flexibility index (Phi) is 4.25. The van der Waals surface area contributed by atoms with Crippen molar-refractivity contribution in [3.05, 3.63) is 63.4 Å². The smallest absolute Gasteiger partial charge is 0.124 e. The van der Waals surface area contributed by atoms with E-state index in [2.05, 4.69) is 52.9 Å². The van der Waals surface area contributed by atoms with Crippen LogP contribution in [0.25, 0.3) is 0 Å². The van der Waals surface area contributed by atoms with E-state index in [9.17, 15) is 4.39 Å². The first kappa shape index (κ1) is 14.1. The summed E-state index contributed by atoms with van der Waals surface area (Å²) in [5, 5.41) is 0. The molecule has 0 aliphatic heterocycles. The predicted octanol–water partition coefficient (Wildman–Crippen LogP) is 4.84. The summed E-state index contributed by atoms with van der Waals surface area (Å²) in [6.07, 6.45) is 0. The van der Waals surface area contributed by atoms with Crippen LogP contribution < -0.4 is 4.90 Å². The minimum atomic E-state index is -0.218. The number of rotatable bonds is 3. The molecule has 0 radical (unpaired) electrons. The molecule has 2 aromatic rings. The maximum absolute atomic E-state index is 13.1. The standard InChI is InChI=1S/C16H17BrFN/c1-11-6-12(2)8-15(7-11)19(3)10-13-4-5-14(18)9-16(13)17/h4-9H,10H2,1-3H3. The minimum Gasteiger partial charge on any atom is -0.370 e. The zero-order valence-electron chi connectivity index (χ0n) is 11.4. The number of nitrogens with zero attached hydrogens (tertiary/aromatic N) is 1. The van der Waals surface area contributed by atoms with E-state index in [1.807, 2.05) is 13.1 Å². The minimum absolute atomic E-state index is 0.218. The summed E-state index contributed by atoms with van der Waals surface area (Å²) in [5.41, 5.74) is 4.75. The Balaban J connectivity index is 2.22. The number of halogens is 2. The molecule has 0 saturated heterocycles. The highest BCUT2D eigenvalue weighted by Crippen LogP contribution is 2.23. The molecule has 0 amide bonds. The Bertz CT molecular complexity index is 575. The van der Waals surface area contributed by atoms with Gasteiger partial charge in [0.25, 0.3) is 0 Å². The summed E-state index contributed by atoms with van der Waals surface area (Å²) in [6, 6.07) is 11.3. The summed E-state index contributed by atoms with van der Waals surface area (Å²) >= 11 is 3.41. The van der Waals surface area contributed by atoms with Crippen molar-refractivity contribution in [2.75, 3.05) is 11.9 Å². The molecule has 2 rings (SSSR count). The fourth-order valence-electron chi connectivity index (χ4n) is 2.17. The zero-order valence-corrected chi connectivity index (χ0v) is 13.0. The molecule has 0 unspecified atom stereocenters. The summed E-state index contributed by atoms with van der Waals surface area (Å²) in [7, 11) is 2.05. The van der Waals surface area contributed by atoms with Crippen LogP contribution in [-0.2, 0) is 6.54 Å². The van der Waals surface area contributed by atoms with Crippen LogP contribution in [0.15, 0.2) is 40.9 Å². The molecular formula is C16H17BrFN. The first-order chi connectivity index (χ1) is 8.95. The van der Waals surface area contributed by atoms with Gasteiger partial charge in [0.1, 0.15) is 5.82 Å². The summed E-state index contributed by atoms with van der Waals surface area (Å²) in [5.74, 6) is -0.218. The number of anilines is 1. The van der Waals surface area contributed by atoms with Crippen LogP contribution in [0.1, 0.15) is 16.7 Å². The maximum atomic E-state index is 13.1. The van der Waals surface area contributed by atoms with Crippen molar-refractivity contribution >= 4 is 21.6 Å². The van der Waals surface area contributed by atoms with Crippen LogP contribution >= 0.6 is 15.9 Å². The molecule has 0 aliphatic carbocycles. The van der Waals surface area contributed by atoms with Gasteiger partial charge in [-0.1, -0.05) is 28.1 Å². The third-order valence-corrected chi connectivity index (χ3v) is 3.81. The lowest BCUT2D eigenvalue weighted by molar-refractivity contribution is 0.626. The van der Waals surface area contributed by atoms with Crippen molar-refractivity contribution in [1.29, 1.82) is 0 Å². The highest BCUT2D eigenvalue weighted by molar-refractivity contribution is 9.10. The van der Waals surface area contributed by atoms with Crippen LogP contribution in [-0.4, -0.2) is 7.05 Å². The van der Waals surface area contributed by atoms with Crippen molar-refractivity contribution < 1.29 is 4.39 Å². The van der Waals surface area contributed by atoms with Gasteiger partial charge < -0.3 is 4.90 Å². The Labute approximate surface area is 122 Å². The average molecular weight is 322 g/mol. The summed E-state index contributed by atoms with van der Waals surface area (Å²) in [4.78, 5) is 2.16. The maximum Gasteiger partial charge on any atom is 0.124 e. The highest BCUT2D eigenvalue weighted by Gasteiger charge is 2.07. The van der Waals surface area contributed by atoms with Crippen molar-refractivity contribution in [2.45, 2.75) is 20.4 Å². The van der Waals surface area contributed by atoms with Gasteiger partial charge in [-0.2, -0.15) is 0 Å². The van der Waals surface area contributed by atoms with Crippen molar-refractivity contribution in [3.8, 4) is 0 Å². The fraction of sp³-hybridized carbons (Fsp3) is 0.250. The second kappa shape index (κ2) is 5.74. The van der Waals surface area contributed by atoms with E-state index in [1.165, 1.54) is 28.9 Å². The monoisotopic (exact) mass is 321 g/mol. The molecule has 3 heteroatoms. The van der Waals surface area contributed by atoms with E-state index in [1.54, 1.807) is 0 Å². The third-order valence-electron chi connectivity index (χ3n) is 3.07. The molecule has 0 bridgehead atoms. The van der Waals surface area contributed by atoms with E-state index in [0.29, 0.717) is 0 Å². The van der Waals surface area contributed by atoms with Gasteiger partial charge in [0.2, 0.25) is 0 Å². The lowest BCUT2D eigenvalue weighted by atomic mass is 10.1. The number of hydrogen-bond donors (Lipinski definition) is 0. The number of benzene rings is 2. The third kappa shape index (κ3) is 3.57. The van der Waals surface area contributed by atoms with Gasteiger partial charge in [-0.05, 0) is 54.8 Å². The molecule has 0 N–H and O–H groups in total. The first-order valence-electron chi connectivity index (χ1n) is 6.19. The molecule has 0 atom stereocenters. The van der Waals surface area contributed by atoms with Crippen LogP contribution in [0.2, 0.25) is 0 Å². The first-order valence-corrected chi connectivity index (χ1v) is 6.98. The second-order valence-corrected chi connectivity index (χ2v) is 5.79. The van der Waals surface area contributed by atoms with Gasteiger partial charge in [-0.25, -0.2) is 4.39 Å². The molecule has 0 aromatic heterocycles. The number of hydrogen-bond acceptors (Lipinski definition) is 1. The van der Waals surface area contributed by atoms with E-state index < -0.39 is 0 Å². The molecule has 0 spiro atoms. The van der Waals surface area contributed by atoms with Gasteiger partial charge in [0.15, 0.2) is 0 Å². The van der Waals surface area contributed by atoms with Crippen molar-refractivity contribution in [1.82, 2.24) is 0 Å². The molecule has 1 nitrogen and oxygen atoms in total. The van der Waals surface area contributed by atoms with Crippen LogP contribution in [0.4, 0.5) is 10.1 Å². The predicted molar refractivity (Wildman–Crippen MR) is 82.1 cm³/mol. The van der Waals surface area contributed by atoms with Gasteiger partial charge in [-0.3, -0.25) is 0 Å².